The molecule has 0 rings (SSSR count). The number of aliphatic hydroxyl groups is 1. The van der Waals surface area contributed by atoms with E-state index >= 15 is 0 Å². The van der Waals surface area contributed by atoms with Crippen molar-refractivity contribution in [3.63, 3.8) is 0 Å². The molecule has 0 aromatic rings. The molecule has 0 aliphatic rings. The summed E-state index contributed by atoms with van der Waals surface area (Å²) in [6.45, 7) is 6.13. The highest BCUT2D eigenvalue weighted by Gasteiger charge is 1.99. The number of aliphatic hydroxyl groups excluding tert-OH is 1. The van der Waals surface area contributed by atoms with Gasteiger partial charge in [0.15, 0.2) is 0 Å². The van der Waals surface area contributed by atoms with Crippen LogP contribution in [0.5, 0.6) is 0 Å². The second-order valence-corrected chi connectivity index (χ2v) is 4.89. The fraction of sp³-hybridized carbons (Fsp3) is 0.625. The first-order valence-corrected chi connectivity index (χ1v) is 7.54. The van der Waals surface area contributed by atoms with Crippen LogP contribution in [0.4, 0.5) is 0 Å². The average molecular weight is 380 g/mol. The van der Waals surface area contributed by atoms with Gasteiger partial charge in [0.05, 0.1) is 0 Å². The van der Waals surface area contributed by atoms with Crippen LogP contribution in [-0.2, 0) is 28.8 Å². The van der Waals surface area contributed by atoms with Gasteiger partial charge in [-0.05, 0) is 27.2 Å². The van der Waals surface area contributed by atoms with E-state index in [1.807, 2.05) is 0 Å². The van der Waals surface area contributed by atoms with Gasteiger partial charge in [-0.3, -0.25) is 28.8 Å². The number of Topliss-reactive ketones (excluding diaryl/α,β-unsaturated/α-hetero) is 3. The Hall–Kier alpha value is -2.62. The molecule has 0 atom stereocenters. The average Bonchev–Trinajstić information content (AvgIpc) is 2.36. The lowest BCUT2D eigenvalue weighted by atomic mass is 10.3. The Morgan fingerprint density at radius 2 is 0.846 bits per heavy atom. The molecular formula is C16H28O10. The van der Waals surface area contributed by atoms with E-state index in [4.69, 9.17) is 20.4 Å². The van der Waals surface area contributed by atoms with E-state index in [1.165, 1.54) is 20.8 Å². The summed E-state index contributed by atoms with van der Waals surface area (Å²) in [6.07, 6.45) is 0.955. The van der Waals surface area contributed by atoms with E-state index in [0.717, 1.165) is 12.8 Å². The third-order valence-electron chi connectivity index (χ3n) is 1.71. The monoisotopic (exact) mass is 380 g/mol. The quantitative estimate of drug-likeness (QED) is 0.442. The second-order valence-electron chi connectivity index (χ2n) is 4.89. The van der Waals surface area contributed by atoms with Gasteiger partial charge in [0.2, 0.25) is 0 Å². The third-order valence-corrected chi connectivity index (χ3v) is 1.71. The third kappa shape index (κ3) is 68.6. The number of aliphatic carboxylic acids is 3. The molecule has 0 amide bonds. The fourth-order valence-corrected chi connectivity index (χ4v) is 0.797. The summed E-state index contributed by atoms with van der Waals surface area (Å²) in [7, 11) is 0. The van der Waals surface area contributed by atoms with Gasteiger partial charge in [-0.2, -0.15) is 0 Å². The Morgan fingerprint density at radius 3 is 0.846 bits per heavy atom. The highest BCUT2D eigenvalue weighted by atomic mass is 16.4. The maximum atomic E-state index is 9.87. The Kier molecular flexibility index (Phi) is 26.8. The summed E-state index contributed by atoms with van der Waals surface area (Å²) in [6, 6.07) is 0. The molecule has 0 saturated carbocycles. The molecule has 0 saturated heterocycles. The number of carboxylic acids is 3. The lowest BCUT2D eigenvalue weighted by Crippen LogP contribution is -2.00. The van der Waals surface area contributed by atoms with Crippen LogP contribution in [0.1, 0.15) is 59.8 Å². The lowest BCUT2D eigenvalue weighted by Gasteiger charge is -1.80. The van der Waals surface area contributed by atoms with Crippen molar-refractivity contribution in [1.29, 1.82) is 0 Å². The molecule has 10 nitrogen and oxygen atoms in total. The smallest absolute Gasteiger partial charge is 0.310 e. The first-order valence-electron chi connectivity index (χ1n) is 7.54. The highest BCUT2D eigenvalue weighted by molar-refractivity contribution is 5.93. The van der Waals surface area contributed by atoms with E-state index in [2.05, 4.69) is 6.92 Å². The summed E-state index contributed by atoms with van der Waals surface area (Å²) in [5, 5.41) is 31.7. The summed E-state index contributed by atoms with van der Waals surface area (Å²) in [4.78, 5) is 58.4. The molecule has 0 aromatic heterocycles. The van der Waals surface area contributed by atoms with E-state index < -0.39 is 17.9 Å². The summed E-state index contributed by atoms with van der Waals surface area (Å²) in [5.41, 5.74) is 0. The zero-order valence-corrected chi connectivity index (χ0v) is 15.5. The number of hydrogen-bond donors (Lipinski definition) is 4. The summed E-state index contributed by atoms with van der Waals surface area (Å²) >= 11 is 0. The normalized spacial score (nSPS) is 8.19. The standard InChI is InChI=1S/3C4H6O3.C4H10O/c3*1-3(5)2-4(6)7;1-2-3-4-5/h3*2H2,1H3,(H,6,7);5H,2-4H2,1H3. The van der Waals surface area contributed by atoms with Crippen molar-refractivity contribution in [2.24, 2.45) is 0 Å². The molecule has 0 aromatic carbocycles. The van der Waals surface area contributed by atoms with E-state index in [1.54, 1.807) is 0 Å². The predicted octanol–water partition coefficient (Wildman–Crippen LogP) is 0.929. The SMILES string of the molecule is CC(=O)CC(=O)O.CC(=O)CC(=O)O.CC(=O)CC(=O)O.CCCCO. The fourth-order valence-electron chi connectivity index (χ4n) is 0.797. The first-order chi connectivity index (χ1) is 11.8. The van der Waals surface area contributed by atoms with Crippen LogP contribution in [0.2, 0.25) is 0 Å². The molecule has 0 aliphatic heterocycles. The van der Waals surface area contributed by atoms with Gasteiger partial charge < -0.3 is 20.4 Å². The zero-order valence-electron chi connectivity index (χ0n) is 15.5. The second kappa shape index (κ2) is 22.4. The van der Waals surface area contributed by atoms with Gasteiger partial charge in [0, 0.05) is 6.61 Å². The number of carboxylic acid groups (broad SMARTS) is 3. The van der Waals surface area contributed by atoms with Crippen molar-refractivity contribution in [3.8, 4) is 0 Å². The molecule has 0 aliphatic carbocycles. The van der Waals surface area contributed by atoms with Crippen LogP contribution in [0.15, 0.2) is 0 Å². The number of ketones is 3. The van der Waals surface area contributed by atoms with E-state index in [-0.39, 0.29) is 36.6 Å². The molecule has 0 fully saturated rings. The van der Waals surface area contributed by atoms with Crippen molar-refractivity contribution >= 4 is 35.3 Å². The molecule has 26 heavy (non-hydrogen) atoms. The molecule has 0 spiro atoms. The Bertz CT molecular complexity index is 354. The van der Waals surface area contributed by atoms with Gasteiger partial charge >= 0.3 is 17.9 Å². The lowest BCUT2D eigenvalue weighted by molar-refractivity contribution is -0.141. The summed E-state index contributed by atoms with van der Waals surface area (Å²) < 4.78 is 0. The minimum Gasteiger partial charge on any atom is -0.481 e. The van der Waals surface area contributed by atoms with Crippen LogP contribution < -0.4 is 0 Å². The highest BCUT2D eigenvalue weighted by Crippen LogP contribution is 1.79. The number of unbranched alkanes of at least 4 members (excludes halogenated alkanes) is 1. The predicted molar refractivity (Wildman–Crippen MR) is 90.8 cm³/mol. The number of carbonyl (C=O) groups excluding carboxylic acids is 3. The molecule has 4 N–H and O–H groups in total. The van der Waals surface area contributed by atoms with Crippen LogP contribution in [0.3, 0.4) is 0 Å². The topological polar surface area (TPSA) is 183 Å². The van der Waals surface area contributed by atoms with Crippen molar-refractivity contribution in [3.05, 3.63) is 0 Å². The molecule has 0 heterocycles. The Morgan fingerprint density at radius 1 is 0.615 bits per heavy atom. The van der Waals surface area contributed by atoms with Crippen LogP contribution >= 0.6 is 0 Å². The molecule has 0 unspecified atom stereocenters. The molecule has 152 valence electrons. The largest absolute Gasteiger partial charge is 0.481 e. The molecule has 0 radical (unpaired) electrons. The van der Waals surface area contributed by atoms with Crippen LogP contribution in [0.25, 0.3) is 0 Å². The van der Waals surface area contributed by atoms with Crippen LogP contribution in [-0.4, -0.2) is 62.3 Å². The molecular weight excluding hydrogens is 352 g/mol. The maximum Gasteiger partial charge on any atom is 0.310 e. The minimum absolute atomic E-state index is 0.312. The zero-order chi connectivity index (χ0) is 21.7. The number of rotatable bonds is 8. The van der Waals surface area contributed by atoms with Crippen molar-refractivity contribution in [2.45, 2.75) is 59.8 Å². The summed E-state index contributed by atoms with van der Waals surface area (Å²) in [5.74, 6) is -4.12. The minimum atomic E-state index is -1.06. The number of carbonyl (C=O) groups is 6. The Balaban J connectivity index is -0.000000125. The van der Waals surface area contributed by atoms with Crippen molar-refractivity contribution in [1.82, 2.24) is 0 Å². The van der Waals surface area contributed by atoms with E-state index in [9.17, 15) is 28.8 Å². The Labute approximate surface area is 151 Å². The van der Waals surface area contributed by atoms with Gasteiger partial charge in [0.25, 0.3) is 0 Å². The number of hydrogen-bond acceptors (Lipinski definition) is 7. The molecule has 10 heteroatoms. The van der Waals surface area contributed by atoms with Crippen LogP contribution in [0, 0.1) is 0 Å². The first kappa shape index (κ1) is 31.2. The van der Waals surface area contributed by atoms with E-state index in [0.29, 0.717) is 6.61 Å². The van der Waals surface area contributed by atoms with Gasteiger partial charge in [0.1, 0.15) is 36.6 Å². The van der Waals surface area contributed by atoms with Crippen molar-refractivity contribution < 1.29 is 49.2 Å². The maximum absolute atomic E-state index is 9.87. The molecule has 0 bridgehead atoms. The van der Waals surface area contributed by atoms with Gasteiger partial charge in [-0.25, -0.2) is 0 Å². The van der Waals surface area contributed by atoms with Crippen molar-refractivity contribution in [2.75, 3.05) is 6.61 Å². The van der Waals surface area contributed by atoms with Gasteiger partial charge in [-0.1, -0.05) is 13.3 Å². The van der Waals surface area contributed by atoms with Gasteiger partial charge in [-0.15, -0.1) is 0 Å².